The number of hydrogen-bond acceptors (Lipinski definition) is 5. The van der Waals surface area contributed by atoms with E-state index in [0.717, 1.165) is 0 Å². The second kappa shape index (κ2) is 6.83. The number of amides is 2. The van der Waals surface area contributed by atoms with Gasteiger partial charge in [0.1, 0.15) is 17.1 Å². The van der Waals surface area contributed by atoms with E-state index in [0.29, 0.717) is 11.8 Å². The second-order valence-corrected chi connectivity index (χ2v) is 5.44. The van der Waals surface area contributed by atoms with Gasteiger partial charge in [-0.15, -0.1) is 0 Å². The van der Waals surface area contributed by atoms with Crippen LogP contribution < -0.4 is 10.6 Å². The van der Waals surface area contributed by atoms with E-state index in [-0.39, 0.29) is 24.0 Å². The molecule has 114 valence electrons. The Bertz CT molecular complexity index is 550. The van der Waals surface area contributed by atoms with Gasteiger partial charge in [-0.05, 0) is 38.5 Å². The molecule has 0 aromatic carbocycles. The van der Waals surface area contributed by atoms with Crippen LogP contribution >= 0.6 is 0 Å². The topological polar surface area (TPSA) is 97.4 Å². The summed E-state index contributed by atoms with van der Waals surface area (Å²) in [5.74, 6) is -0.0373. The highest BCUT2D eigenvalue weighted by molar-refractivity contribution is 5.88. The van der Waals surface area contributed by atoms with Crippen LogP contribution in [0, 0.1) is 0 Å². The van der Waals surface area contributed by atoms with Gasteiger partial charge in [-0.3, -0.25) is 9.59 Å². The van der Waals surface area contributed by atoms with Crippen LogP contribution in [0.15, 0.2) is 12.1 Å². The van der Waals surface area contributed by atoms with E-state index >= 15 is 0 Å². The Hall–Kier alpha value is -2.44. The summed E-state index contributed by atoms with van der Waals surface area (Å²) in [5.41, 5.74) is 0.210. The first kappa shape index (κ1) is 16.6. The van der Waals surface area contributed by atoms with Gasteiger partial charge < -0.3 is 15.4 Å². The largest absolute Gasteiger partial charge is 0.444 e. The Morgan fingerprint density at radius 3 is 2.52 bits per heavy atom. The molecule has 1 heterocycles. The summed E-state index contributed by atoms with van der Waals surface area (Å²) < 4.78 is 5.11. The quantitative estimate of drug-likeness (QED) is 0.826. The molecule has 1 rings (SSSR count). The third-order valence-corrected chi connectivity index (χ3v) is 2.17. The summed E-state index contributed by atoms with van der Waals surface area (Å²) in [6, 6.07) is 3.10. The number of hydrogen-bond donors (Lipinski definition) is 2. The maximum absolute atomic E-state index is 11.6. The summed E-state index contributed by atoms with van der Waals surface area (Å²) in [6.45, 7) is 6.79. The van der Waals surface area contributed by atoms with Gasteiger partial charge in [0.05, 0.1) is 0 Å². The average molecular weight is 293 g/mol. The number of ether oxygens (including phenoxy) is 1. The minimum absolute atomic E-state index is 0.158. The molecule has 0 spiro atoms. The zero-order valence-electron chi connectivity index (χ0n) is 12.5. The molecule has 0 aliphatic rings. The number of nitrogens with zero attached hydrogens (tertiary/aromatic N) is 1. The fourth-order valence-corrected chi connectivity index (χ4v) is 1.51. The number of rotatable bonds is 4. The number of pyridine rings is 1. The summed E-state index contributed by atoms with van der Waals surface area (Å²) >= 11 is 0. The molecular formula is C14H19N3O4. The molecule has 0 bridgehead atoms. The molecule has 0 fully saturated rings. The van der Waals surface area contributed by atoms with E-state index in [1.807, 2.05) is 0 Å². The fraction of sp³-hybridized carbons (Fsp3) is 0.429. The number of aldehydes is 1. The molecule has 7 nitrogen and oxygen atoms in total. The molecule has 0 saturated carbocycles. The van der Waals surface area contributed by atoms with Gasteiger partial charge >= 0.3 is 6.09 Å². The van der Waals surface area contributed by atoms with Gasteiger partial charge in [0.15, 0.2) is 6.29 Å². The smallest absolute Gasteiger partial charge is 0.407 e. The van der Waals surface area contributed by atoms with Crippen molar-refractivity contribution in [2.24, 2.45) is 0 Å². The van der Waals surface area contributed by atoms with E-state index < -0.39 is 11.7 Å². The van der Waals surface area contributed by atoms with Crippen molar-refractivity contribution in [3.63, 3.8) is 0 Å². The predicted octanol–water partition coefficient (Wildman–Crippen LogP) is 1.88. The van der Waals surface area contributed by atoms with Crippen molar-refractivity contribution in [1.29, 1.82) is 0 Å². The van der Waals surface area contributed by atoms with Crippen LogP contribution in [0.2, 0.25) is 0 Å². The molecule has 7 heteroatoms. The summed E-state index contributed by atoms with van der Waals surface area (Å²) in [7, 11) is 0. The molecule has 2 N–H and O–H groups in total. The van der Waals surface area contributed by atoms with Crippen LogP contribution in [0.4, 0.5) is 10.6 Å². The lowest BCUT2D eigenvalue weighted by molar-refractivity contribution is -0.114. The maximum Gasteiger partial charge on any atom is 0.407 e. The first-order valence-corrected chi connectivity index (χ1v) is 6.40. The first-order chi connectivity index (χ1) is 9.69. The van der Waals surface area contributed by atoms with E-state index in [4.69, 9.17) is 4.74 Å². The zero-order chi connectivity index (χ0) is 16.0. The van der Waals surface area contributed by atoms with Gasteiger partial charge in [0.2, 0.25) is 5.91 Å². The fourth-order valence-electron chi connectivity index (χ4n) is 1.51. The Balaban J connectivity index is 2.76. The minimum atomic E-state index is -0.586. The lowest BCUT2D eigenvalue weighted by atomic mass is 10.2. The third-order valence-electron chi connectivity index (χ3n) is 2.17. The highest BCUT2D eigenvalue weighted by Gasteiger charge is 2.15. The minimum Gasteiger partial charge on any atom is -0.444 e. The summed E-state index contributed by atoms with van der Waals surface area (Å²) in [5, 5.41) is 5.06. The lowest BCUT2D eigenvalue weighted by Gasteiger charge is -2.19. The molecule has 0 atom stereocenters. The molecule has 0 aliphatic heterocycles. The van der Waals surface area contributed by atoms with Gasteiger partial charge in [-0.2, -0.15) is 0 Å². The molecule has 21 heavy (non-hydrogen) atoms. The number of aromatic nitrogens is 1. The van der Waals surface area contributed by atoms with Crippen LogP contribution in [0.3, 0.4) is 0 Å². The Kier molecular flexibility index (Phi) is 5.40. The van der Waals surface area contributed by atoms with Crippen molar-refractivity contribution < 1.29 is 19.1 Å². The van der Waals surface area contributed by atoms with E-state index in [2.05, 4.69) is 15.6 Å². The molecular weight excluding hydrogens is 274 g/mol. The van der Waals surface area contributed by atoms with Gasteiger partial charge in [-0.25, -0.2) is 9.78 Å². The van der Waals surface area contributed by atoms with E-state index in [1.165, 1.54) is 13.0 Å². The number of carbonyl (C=O) groups is 3. The monoisotopic (exact) mass is 293 g/mol. The Morgan fingerprint density at radius 1 is 1.33 bits per heavy atom. The highest BCUT2D eigenvalue weighted by Crippen LogP contribution is 2.11. The lowest BCUT2D eigenvalue weighted by Crippen LogP contribution is -2.32. The number of alkyl carbamates (subject to hydrolysis) is 1. The first-order valence-electron chi connectivity index (χ1n) is 6.40. The molecule has 2 amide bonds. The predicted molar refractivity (Wildman–Crippen MR) is 77.0 cm³/mol. The van der Waals surface area contributed by atoms with E-state index in [1.54, 1.807) is 26.8 Å². The summed E-state index contributed by atoms with van der Waals surface area (Å²) in [4.78, 5) is 37.3. The third kappa shape index (κ3) is 6.51. The van der Waals surface area contributed by atoms with Crippen molar-refractivity contribution in [3.05, 3.63) is 23.4 Å². The van der Waals surface area contributed by atoms with Gasteiger partial charge in [0, 0.05) is 13.5 Å². The van der Waals surface area contributed by atoms with Crippen LogP contribution in [-0.4, -0.2) is 28.9 Å². The van der Waals surface area contributed by atoms with Crippen LogP contribution in [0.5, 0.6) is 0 Å². The van der Waals surface area contributed by atoms with Crippen molar-refractivity contribution in [2.45, 2.75) is 39.8 Å². The standard InChI is InChI=1S/C14H19N3O4/c1-9(19)16-12-6-10(5-11(8-18)17-12)7-15-13(20)21-14(2,3)4/h5-6,8H,7H2,1-4H3,(H,15,20)(H,16,17,19). The number of nitrogens with one attached hydrogen (secondary N) is 2. The normalized spacial score (nSPS) is 10.7. The number of carbonyl (C=O) groups excluding carboxylic acids is 3. The maximum atomic E-state index is 11.6. The zero-order valence-corrected chi connectivity index (χ0v) is 12.5. The summed E-state index contributed by atoms with van der Waals surface area (Å²) in [6.07, 6.45) is 0.00972. The highest BCUT2D eigenvalue weighted by atomic mass is 16.6. The van der Waals surface area contributed by atoms with E-state index in [9.17, 15) is 14.4 Å². The Labute approximate surface area is 123 Å². The number of anilines is 1. The van der Waals surface area contributed by atoms with Crippen molar-refractivity contribution in [1.82, 2.24) is 10.3 Å². The van der Waals surface area contributed by atoms with Gasteiger partial charge in [0.25, 0.3) is 0 Å². The van der Waals surface area contributed by atoms with Crippen LogP contribution in [-0.2, 0) is 16.1 Å². The van der Waals surface area contributed by atoms with Crippen LogP contribution in [0.1, 0.15) is 43.7 Å². The van der Waals surface area contributed by atoms with Crippen molar-refractivity contribution in [3.8, 4) is 0 Å². The molecule has 0 saturated heterocycles. The molecule has 1 aromatic heterocycles. The van der Waals surface area contributed by atoms with Crippen molar-refractivity contribution >= 4 is 24.1 Å². The van der Waals surface area contributed by atoms with Gasteiger partial charge in [-0.1, -0.05) is 0 Å². The molecule has 0 radical (unpaired) electrons. The SMILES string of the molecule is CC(=O)Nc1cc(CNC(=O)OC(C)(C)C)cc(C=O)n1. The molecule has 0 unspecified atom stereocenters. The van der Waals surface area contributed by atoms with Crippen molar-refractivity contribution in [2.75, 3.05) is 5.32 Å². The second-order valence-electron chi connectivity index (χ2n) is 5.44. The molecule has 0 aliphatic carbocycles. The Morgan fingerprint density at radius 2 is 2.00 bits per heavy atom. The molecule has 1 aromatic rings. The average Bonchev–Trinajstić information content (AvgIpc) is 2.33. The van der Waals surface area contributed by atoms with Crippen LogP contribution in [0.25, 0.3) is 0 Å².